The molecule has 0 aliphatic carbocycles. The van der Waals surface area contributed by atoms with Crippen LogP contribution in [-0.4, -0.2) is 32.0 Å². The van der Waals surface area contributed by atoms with Crippen molar-refractivity contribution in [2.24, 2.45) is 0 Å². The molecule has 10 nitrogen and oxygen atoms in total. The second-order valence-electron chi connectivity index (χ2n) is 7.52. The van der Waals surface area contributed by atoms with Crippen molar-refractivity contribution < 1.29 is 14.5 Å². The van der Waals surface area contributed by atoms with Gasteiger partial charge < -0.3 is 0 Å². The fraction of sp³-hybridized carbons (Fsp3) is 0.304. The Morgan fingerprint density at radius 1 is 1.06 bits per heavy atom. The van der Waals surface area contributed by atoms with Crippen LogP contribution < -0.4 is 16.4 Å². The molecule has 0 bridgehead atoms. The van der Waals surface area contributed by atoms with Gasteiger partial charge in [-0.25, -0.2) is 4.98 Å². The maximum Gasteiger partial charge on any atom is 0.269 e. The smallest absolute Gasteiger partial charge is 0.269 e. The average Bonchev–Trinajstić information content (AvgIpc) is 2.85. The van der Waals surface area contributed by atoms with Crippen LogP contribution in [0.4, 0.5) is 5.69 Å². The molecule has 2 amide bonds. The molecule has 178 valence electrons. The van der Waals surface area contributed by atoms with Crippen molar-refractivity contribution in [3.63, 3.8) is 0 Å². The number of nitro groups is 1. The van der Waals surface area contributed by atoms with Gasteiger partial charge in [0, 0.05) is 24.2 Å². The average molecular weight is 484 g/mol. The number of hydrazine groups is 1. The molecular formula is C23H25N5O5S. The summed E-state index contributed by atoms with van der Waals surface area (Å²) < 4.78 is 1.60. The van der Waals surface area contributed by atoms with Gasteiger partial charge in [0.15, 0.2) is 5.16 Å². The van der Waals surface area contributed by atoms with Gasteiger partial charge >= 0.3 is 0 Å². The number of fused-ring (bicyclic) bond motifs is 1. The number of carbonyl (C=O) groups excluding carboxylic acids is 2. The van der Waals surface area contributed by atoms with Gasteiger partial charge in [0.25, 0.3) is 17.2 Å². The number of nitrogens with zero attached hydrogens (tertiary/aromatic N) is 3. The van der Waals surface area contributed by atoms with E-state index in [0.717, 1.165) is 37.4 Å². The van der Waals surface area contributed by atoms with Gasteiger partial charge in [-0.15, -0.1) is 0 Å². The topological polar surface area (TPSA) is 136 Å². The Labute approximate surface area is 199 Å². The first-order valence-electron chi connectivity index (χ1n) is 10.9. The fourth-order valence-electron chi connectivity index (χ4n) is 3.25. The molecule has 0 radical (unpaired) electrons. The second-order valence-corrected chi connectivity index (χ2v) is 8.47. The zero-order valence-corrected chi connectivity index (χ0v) is 19.5. The molecule has 0 fully saturated rings. The van der Waals surface area contributed by atoms with Gasteiger partial charge in [-0.2, -0.15) is 0 Å². The Bertz CT molecular complexity index is 1240. The zero-order chi connectivity index (χ0) is 24.5. The molecule has 1 heterocycles. The summed E-state index contributed by atoms with van der Waals surface area (Å²) in [7, 11) is 0. The summed E-state index contributed by atoms with van der Waals surface area (Å²) in [5, 5.41) is 11.7. The minimum atomic E-state index is -0.607. The van der Waals surface area contributed by atoms with E-state index in [1.165, 1.54) is 24.3 Å². The van der Waals surface area contributed by atoms with Crippen molar-refractivity contribution in [2.75, 3.05) is 5.75 Å². The van der Waals surface area contributed by atoms with Crippen LogP contribution >= 0.6 is 11.8 Å². The Kier molecular flexibility index (Phi) is 8.74. The number of amides is 2. The van der Waals surface area contributed by atoms with Crippen molar-refractivity contribution >= 4 is 40.2 Å². The normalized spacial score (nSPS) is 10.7. The van der Waals surface area contributed by atoms with E-state index in [1.54, 1.807) is 28.8 Å². The second kappa shape index (κ2) is 11.9. The number of nitro benzene ring substituents is 1. The highest BCUT2D eigenvalue weighted by atomic mass is 32.2. The minimum Gasteiger partial charge on any atom is -0.287 e. The number of benzene rings is 2. The molecule has 0 saturated carbocycles. The Morgan fingerprint density at radius 3 is 2.50 bits per heavy atom. The van der Waals surface area contributed by atoms with E-state index < -0.39 is 16.7 Å². The molecule has 0 aliphatic heterocycles. The number of hydrogen-bond acceptors (Lipinski definition) is 7. The van der Waals surface area contributed by atoms with Crippen LogP contribution in [0.25, 0.3) is 10.9 Å². The molecule has 0 atom stereocenters. The summed E-state index contributed by atoms with van der Waals surface area (Å²) in [4.78, 5) is 52.2. The van der Waals surface area contributed by atoms with Gasteiger partial charge in [-0.05, 0) is 30.7 Å². The summed E-state index contributed by atoms with van der Waals surface area (Å²) in [5.41, 5.74) is 5.03. The minimum absolute atomic E-state index is 0.0692. The van der Waals surface area contributed by atoms with Crippen LogP contribution in [0.1, 0.15) is 43.0 Å². The number of para-hydroxylation sites is 1. The SMILES string of the molecule is CCCCCCn1c(SCC(=O)NNC(=O)c2ccc([N+](=O)[O-])cc2)nc2ccccc2c1=O. The number of thioether (sulfide) groups is 1. The van der Waals surface area contributed by atoms with Crippen LogP contribution in [0, 0.1) is 10.1 Å². The third-order valence-electron chi connectivity index (χ3n) is 5.05. The summed E-state index contributed by atoms with van der Waals surface area (Å²) in [6, 6.07) is 12.1. The van der Waals surface area contributed by atoms with E-state index in [1.807, 2.05) is 0 Å². The zero-order valence-electron chi connectivity index (χ0n) is 18.7. The lowest BCUT2D eigenvalue weighted by Crippen LogP contribution is -2.42. The molecule has 1 aromatic heterocycles. The molecule has 3 rings (SSSR count). The first-order chi connectivity index (χ1) is 16.4. The molecule has 0 saturated heterocycles. The van der Waals surface area contributed by atoms with Gasteiger partial charge in [0.2, 0.25) is 5.91 Å². The Balaban J connectivity index is 1.64. The predicted octanol–water partition coefficient (Wildman–Crippen LogP) is 3.44. The molecule has 2 N–H and O–H groups in total. The number of nitrogens with one attached hydrogen (secondary N) is 2. The first kappa shape index (κ1) is 24.9. The van der Waals surface area contributed by atoms with E-state index >= 15 is 0 Å². The quantitative estimate of drug-likeness (QED) is 0.148. The van der Waals surface area contributed by atoms with Crippen molar-refractivity contribution in [2.45, 2.75) is 44.3 Å². The lowest BCUT2D eigenvalue weighted by molar-refractivity contribution is -0.384. The third-order valence-corrected chi connectivity index (χ3v) is 6.03. The maximum absolute atomic E-state index is 13.0. The lowest BCUT2D eigenvalue weighted by atomic mass is 10.2. The van der Waals surface area contributed by atoms with Crippen molar-refractivity contribution in [3.05, 3.63) is 74.6 Å². The summed E-state index contributed by atoms with van der Waals surface area (Å²) in [6.07, 6.45) is 3.99. The number of unbranched alkanes of at least 4 members (excludes halogenated alkanes) is 3. The first-order valence-corrected chi connectivity index (χ1v) is 11.8. The largest absolute Gasteiger partial charge is 0.287 e. The standard InChI is InChI=1S/C23H25N5O5S/c1-2-3-4-7-14-27-22(31)18-8-5-6-9-19(18)24-23(27)34-15-20(29)25-26-21(30)16-10-12-17(13-11-16)28(32)33/h5-6,8-13H,2-4,7,14-15H2,1H3,(H,25,29)(H,26,30). The highest BCUT2D eigenvalue weighted by Crippen LogP contribution is 2.18. The molecule has 2 aromatic carbocycles. The molecule has 11 heteroatoms. The molecule has 0 unspecified atom stereocenters. The van der Waals surface area contributed by atoms with E-state index in [0.29, 0.717) is 22.6 Å². The lowest BCUT2D eigenvalue weighted by Gasteiger charge is -2.13. The van der Waals surface area contributed by atoms with Crippen molar-refractivity contribution in [1.82, 2.24) is 20.4 Å². The van der Waals surface area contributed by atoms with Crippen molar-refractivity contribution in [1.29, 1.82) is 0 Å². The highest BCUT2D eigenvalue weighted by Gasteiger charge is 2.14. The van der Waals surface area contributed by atoms with Crippen LogP contribution in [-0.2, 0) is 11.3 Å². The predicted molar refractivity (Wildman–Crippen MR) is 130 cm³/mol. The summed E-state index contributed by atoms with van der Waals surface area (Å²) in [5.74, 6) is -1.16. The fourth-order valence-corrected chi connectivity index (χ4v) is 4.08. The number of non-ortho nitro benzene ring substituents is 1. The molecule has 0 aliphatic rings. The number of rotatable bonds is 10. The van der Waals surface area contributed by atoms with Crippen LogP contribution in [0.5, 0.6) is 0 Å². The monoisotopic (exact) mass is 483 g/mol. The van der Waals surface area contributed by atoms with Gasteiger partial charge in [0.05, 0.1) is 21.6 Å². The summed E-state index contributed by atoms with van der Waals surface area (Å²) >= 11 is 1.11. The van der Waals surface area contributed by atoms with Crippen LogP contribution in [0.2, 0.25) is 0 Å². The van der Waals surface area contributed by atoms with Crippen LogP contribution in [0.3, 0.4) is 0 Å². The van der Waals surface area contributed by atoms with E-state index in [-0.39, 0.29) is 22.6 Å². The Hall–Kier alpha value is -3.73. The van der Waals surface area contributed by atoms with Crippen LogP contribution in [0.15, 0.2) is 58.5 Å². The molecule has 34 heavy (non-hydrogen) atoms. The molecular weight excluding hydrogens is 458 g/mol. The third kappa shape index (κ3) is 6.41. The van der Waals surface area contributed by atoms with E-state index in [9.17, 15) is 24.5 Å². The molecule has 3 aromatic rings. The molecule has 0 spiro atoms. The summed E-state index contributed by atoms with van der Waals surface area (Å²) in [6.45, 7) is 2.63. The van der Waals surface area contributed by atoms with Gasteiger partial charge in [0.1, 0.15) is 0 Å². The van der Waals surface area contributed by atoms with E-state index in [2.05, 4.69) is 22.8 Å². The van der Waals surface area contributed by atoms with E-state index in [4.69, 9.17) is 0 Å². The van der Waals surface area contributed by atoms with Gasteiger partial charge in [-0.1, -0.05) is 50.1 Å². The van der Waals surface area contributed by atoms with Gasteiger partial charge in [-0.3, -0.25) is 39.9 Å². The van der Waals surface area contributed by atoms with Crippen molar-refractivity contribution in [3.8, 4) is 0 Å². The highest BCUT2D eigenvalue weighted by molar-refractivity contribution is 7.99. The Morgan fingerprint density at radius 2 is 1.79 bits per heavy atom. The number of aromatic nitrogens is 2. The maximum atomic E-state index is 13.0. The number of carbonyl (C=O) groups is 2. The number of hydrogen-bond donors (Lipinski definition) is 2.